The molecule has 0 N–H and O–H groups in total. The maximum atomic E-state index is 5.76. The molecule has 0 bridgehead atoms. The van der Waals surface area contributed by atoms with E-state index in [-0.39, 0.29) is 0 Å². The highest BCUT2D eigenvalue weighted by Gasteiger charge is 2.01. The van der Waals surface area contributed by atoms with Gasteiger partial charge in [0.15, 0.2) is 0 Å². The van der Waals surface area contributed by atoms with Crippen LogP contribution in [-0.2, 0) is 6.54 Å². The second kappa shape index (κ2) is 3.93. The first-order valence-electron chi connectivity index (χ1n) is 3.52. The van der Waals surface area contributed by atoms with Crippen molar-refractivity contribution in [1.82, 2.24) is 14.8 Å². The van der Waals surface area contributed by atoms with Crippen molar-refractivity contribution in [1.29, 1.82) is 0 Å². The van der Waals surface area contributed by atoms with Crippen molar-refractivity contribution >= 4 is 45.5 Å². The molecule has 0 saturated carbocycles. The molecule has 2 rings (SSSR count). The first kappa shape index (κ1) is 9.42. The Morgan fingerprint density at radius 3 is 2.92 bits per heavy atom. The van der Waals surface area contributed by atoms with Gasteiger partial charge < -0.3 is 0 Å². The third-order valence-corrected chi connectivity index (χ3v) is 3.08. The Hall–Kier alpha value is -0.140. The normalized spacial score (nSPS) is 10.6. The van der Waals surface area contributed by atoms with Gasteiger partial charge in [-0.15, -0.1) is 11.3 Å². The van der Waals surface area contributed by atoms with Crippen LogP contribution in [0.3, 0.4) is 0 Å². The minimum Gasteiger partial charge on any atom is -0.265 e. The summed E-state index contributed by atoms with van der Waals surface area (Å²) >= 11 is 9.46. The monoisotopic (exact) mass is 325 g/mol. The van der Waals surface area contributed by atoms with Gasteiger partial charge in [0.25, 0.3) is 0 Å². The molecule has 2 heterocycles. The van der Waals surface area contributed by atoms with Crippen molar-refractivity contribution < 1.29 is 0 Å². The number of nitrogens with zero attached hydrogens (tertiary/aromatic N) is 3. The fraction of sp³-hybridized carbons (Fsp3) is 0.143. The smallest absolute Gasteiger partial charge is 0.116 e. The van der Waals surface area contributed by atoms with Crippen molar-refractivity contribution in [2.24, 2.45) is 0 Å². The van der Waals surface area contributed by atoms with Crippen LogP contribution in [-0.4, -0.2) is 14.8 Å². The van der Waals surface area contributed by atoms with Gasteiger partial charge in [-0.3, -0.25) is 4.68 Å². The summed E-state index contributed by atoms with van der Waals surface area (Å²) in [5, 5.41) is 5.13. The Morgan fingerprint density at radius 2 is 2.38 bits per heavy atom. The van der Waals surface area contributed by atoms with E-state index in [2.05, 4.69) is 32.7 Å². The minimum absolute atomic E-state index is 0.695. The Kier molecular flexibility index (Phi) is 2.85. The lowest BCUT2D eigenvalue weighted by molar-refractivity contribution is 0.683. The van der Waals surface area contributed by atoms with Crippen molar-refractivity contribution in [3.8, 4) is 0 Å². The first-order chi connectivity index (χ1) is 6.24. The quantitative estimate of drug-likeness (QED) is 0.795. The van der Waals surface area contributed by atoms with E-state index in [9.17, 15) is 0 Å². The molecule has 0 atom stereocenters. The fourth-order valence-corrected chi connectivity index (χ4v) is 2.32. The van der Waals surface area contributed by atoms with Crippen LogP contribution in [0.15, 0.2) is 18.6 Å². The molecule has 0 aliphatic heterocycles. The van der Waals surface area contributed by atoms with Crippen molar-refractivity contribution in [2.45, 2.75) is 6.54 Å². The lowest BCUT2D eigenvalue weighted by Crippen LogP contribution is -1.98. The van der Waals surface area contributed by atoms with Crippen LogP contribution < -0.4 is 0 Å². The summed E-state index contributed by atoms with van der Waals surface area (Å²) in [5.74, 6) is 0. The van der Waals surface area contributed by atoms with Gasteiger partial charge in [0, 0.05) is 6.20 Å². The van der Waals surface area contributed by atoms with Crippen LogP contribution in [0.4, 0.5) is 0 Å². The predicted molar refractivity (Wildman–Crippen MR) is 61.2 cm³/mol. The summed E-state index contributed by atoms with van der Waals surface area (Å²) in [4.78, 5) is 4.14. The molecule has 0 fully saturated rings. The molecule has 68 valence electrons. The van der Waals surface area contributed by atoms with Gasteiger partial charge in [0.05, 0.1) is 22.5 Å². The average Bonchev–Trinajstić information content (AvgIpc) is 2.62. The molecule has 0 amide bonds. The second-order valence-corrected chi connectivity index (χ2v) is 5.41. The summed E-state index contributed by atoms with van der Waals surface area (Å²) in [6, 6.07) is 0. The molecule has 13 heavy (non-hydrogen) atoms. The van der Waals surface area contributed by atoms with Crippen LogP contribution in [0.25, 0.3) is 0 Å². The molecule has 0 aliphatic carbocycles. The van der Waals surface area contributed by atoms with Crippen LogP contribution in [0.2, 0.25) is 4.34 Å². The van der Waals surface area contributed by atoms with Gasteiger partial charge in [0.2, 0.25) is 0 Å². The van der Waals surface area contributed by atoms with Crippen LogP contribution in [0.1, 0.15) is 5.01 Å². The maximum Gasteiger partial charge on any atom is 0.116 e. The molecule has 2 aromatic heterocycles. The Morgan fingerprint density at radius 1 is 1.54 bits per heavy atom. The molecular formula is C7H5ClIN3S. The number of halogens is 2. The summed E-state index contributed by atoms with van der Waals surface area (Å²) in [7, 11) is 0. The van der Waals surface area contributed by atoms with Gasteiger partial charge in [0.1, 0.15) is 9.34 Å². The topological polar surface area (TPSA) is 30.7 Å². The first-order valence-corrected chi connectivity index (χ1v) is 5.79. The molecule has 0 spiro atoms. The van der Waals surface area contributed by atoms with E-state index >= 15 is 0 Å². The summed E-state index contributed by atoms with van der Waals surface area (Å²) < 4.78 is 3.69. The van der Waals surface area contributed by atoms with E-state index in [1.54, 1.807) is 6.20 Å². The van der Waals surface area contributed by atoms with E-state index in [1.165, 1.54) is 11.3 Å². The zero-order valence-electron chi connectivity index (χ0n) is 6.44. The highest BCUT2D eigenvalue weighted by atomic mass is 127. The molecule has 0 aromatic carbocycles. The fourth-order valence-electron chi connectivity index (χ4n) is 0.924. The zero-order valence-corrected chi connectivity index (χ0v) is 10.2. The summed E-state index contributed by atoms with van der Waals surface area (Å²) in [5.41, 5.74) is 0. The summed E-state index contributed by atoms with van der Waals surface area (Å²) in [6.45, 7) is 0.695. The van der Waals surface area contributed by atoms with E-state index in [0.29, 0.717) is 6.54 Å². The van der Waals surface area contributed by atoms with Crippen LogP contribution >= 0.6 is 45.5 Å². The number of thiazole rings is 1. The van der Waals surface area contributed by atoms with Crippen LogP contribution in [0, 0.1) is 3.57 Å². The Bertz CT molecular complexity index is 373. The minimum atomic E-state index is 0.695. The molecule has 0 radical (unpaired) electrons. The third kappa shape index (κ3) is 2.41. The third-order valence-electron chi connectivity index (χ3n) is 1.42. The number of aromatic nitrogens is 3. The molecule has 0 saturated heterocycles. The molecule has 0 unspecified atom stereocenters. The molecule has 2 aromatic rings. The number of hydrogen-bond acceptors (Lipinski definition) is 3. The molecular weight excluding hydrogens is 321 g/mol. The van der Waals surface area contributed by atoms with E-state index in [4.69, 9.17) is 11.6 Å². The van der Waals surface area contributed by atoms with Crippen molar-refractivity contribution in [3.63, 3.8) is 0 Å². The van der Waals surface area contributed by atoms with Crippen molar-refractivity contribution in [2.75, 3.05) is 0 Å². The SMILES string of the molecule is Clc1cnc(Cn2cc(I)cn2)s1. The van der Waals surface area contributed by atoms with Gasteiger partial charge in [-0.2, -0.15) is 5.10 Å². The number of rotatable bonds is 2. The van der Waals surface area contributed by atoms with Gasteiger partial charge >= 0.3 is 0 Å². The highest BCUT2D eigenvalue weighted by molar-refractivity contribution is 14.1. The lowest BCUT2D eigenvalue weighted by Gasteiger charge is -1.94. The average molecular weight is 326 g/mol. The van der Waals surface area contributed by atoms with E-state index < -0.39 is 0 Å². The Labute approximate surface area is 97.9 Å². The summed E-state index contributed by atoms with van der Waals surface area (Å²) in [6.07, 6.45) is 5.45. The largest absolute Gasteiger partial charge is 0.265 e. The van der Waals surface area contributed by atoms with Crippen molar-refractivity contribution in [3.05, 3.63) is 31.5 Å². The highest BCUT2D eigenvalue weighted by Crippen LogP contribution is 2.18. The Balaban J connectivity index is 2.14. The van der Waals surface area contributed by atoms with E-state index in [0.717, 1.165) is 12.9 Å². The predicted octanol–water partition coefficient (Wildman–Crippen LogP) is 2.65. The molecule has 3 nitrogen and oxygen atoms in total. The molecule has 0 aliphatic rings. The lowest BCUT2D eigenvalue weighted by atomic mass is 10.6. The molecule has 6 heteroatoms. The van der Waals surface area contributed by atoms with Crippen LogP contribution in [0.5, 0.6) is 0 Å². The van der Waals surface area contributed by atoms with Gasteiger partial charge in [-0.25, -0.2) is 4.98 Å². The standard InChI is InChI=1S/C7H5ClIN3S/c8-6-2-10-7(13-6)4-12-3-5(9)1-11-12/h1-3H,4H2. The number of hydrogen-bond donors (Lipinski definition) is 0. The second-order valence-electron chi connectivity index (χ2n) is 2.41. The van der Waals surface area contributed by atoms with Gasteiger partial charge in [-0.1, -0.05) is 11.6 Å². The van der Waals surface area contributed by atoms with Gasteiger partial charge in [-0.05, 0) is 22.6 Å². The zero-order chi connectivity index (χ0) is 9.26. The maximum absolute atomic E-state index is 5.76. The van der Waals surface area contributed by atoms with E-state index in [1.807, 2.05) is 17.1 Å².